The number of fused-ring (bicyclic) bond motifs is 1. The Morgan fingerprint density at radius 2 is 1.87 bits per heavy atom. The molecule has 1 N–H and O–H groups in total. The molecule has 0 aromatic heterocycles. The van der Waals surface area contributed by atoms with Crippen LogP contribution in [0.1, 0.15) is 44.2 Å². The number of carbonyl (C=O) groups excluding carboxylic acids is 2. The molecule has 2 aromatic carbocycles. The second-order valence-corrected chi connectivity index (χ2v) is 9.85. The Morgan fingerprint density at radius 1 is 1.13 bits per heavy atom. The fourth-order valence-electron chi connectivity index (χ4n) is 4.49. The van der Waals surface area contributed by atoms with Crippen LogP contribution < -0.4 is 10.2 Å². The van der Waals surface area contributed by atoms with Crippen molar-refractivity contribution < 1.29 is 9.59 Å². The number of hydrogen-bond acceptors (Lipinski definition) is 3. The number of carbonyl (C=O) groups is 2. The van der Waals surface area contributed by atoms with Crippen molar-refractivity contribution in [2.24, 2.45) is 11.8 Å². The number of rotatable bonds is 4. The van der Waals surface area contributed by atoms with E-state index < -0.39 is 0 Å². The number of thioether (sulfide) groups is 1. The van der Waals surface area contributed by atoms with Gasteiger partial charge in [0.1, 0.15) is 6.54 Å². The van der Waals surface area contributed by atoms with Crippen molar-refractivity contribution in [2.75, 3.05) is 11.4 Å². The molecule has 4 nitrogen and oxygen atoms in total. The first-order chi connectivity index (χ1) is 14.9. The summed E-state index contributed by atoms with van der Waals surface area (Å²) in [6.07, 6.45) is 5.31. The molecule has 31 heavy (non-hydrogen) atoms. The number of anilines is 1. The van der Waals surface area contributed by atoms with E-state index in [4.69, 9.17) is 0 Å². The van der Waals surface area contributed by atoms with Crippen LogP contribution in [0.4, 0.5) is 5.69 Å². The lowest BCUT2D eigenvalue weighted by molar-refractivity contribution is -0.123. The van der Waals surface area contributed by atoms with Gasteiger partial charge in [0, 0.05) is 10.9 Å². The average Bonchev–Trinajstić information content (AvgIpc) is 2.76. The molecule has 1 aliphatic carbocycles. The summed E-state index contributed by atoms with van der Waals surface area (Å²) in [5, 5.41) is 3.21. The van der Waals surface area contributed by atoms with Crippen LogP contribution >= 0.6 is 11.8 Å². The Kier molecular flexibility index (Phi) is 6.51. The molecule has 162 valence electrons. The largest absolute Gasteiger partial charge is 0.352 e. The number of aryl methyl sites for hydroxylation is 1. The summed E-state index contributed by atoms with van der Waals surface area (Å²) in [7, 11) is 0. The molecule has 0 unspecified atom stereocenters. The van der Waals surface area contributed by atoms with Gasteiger partial charge < -0.3 is 5.32 Å². The van der Waals surface area contributed by atoms with E-state index in [9.17, 15) is 9.59 Å². The third-order valence-electron chi connectivity index (χ3n) is 6.66. The third-order valence-corrected chi connectivity index (χ3v) is 7.74. The van der Waals surface area contributed by atoms with Crippen molar-refractivity contribution in [1.82, 2.24) is 5.32 Å². The van der Waals surface area contributed by atoms with Gasteiger partial charge in [0.15, 0.2) is 0 Å². The predicted molar refractivity (Wildman–Crippen MR) is 128 cm³/mol. The normalized spacial score (nSPS) is 24.7. The number of para-hydroxylation sites is 1. The van der Waals surface area contributed by atoms with Crippen LogP contribution in [0, 0.1) is 18.8 Å². The lowest BCUT2D eigenvalue weighted by Crippen LogP contribution is -2.49. The molecule has 3 atom stereocenters. The van der Waals surface area contributed by atoms with Crippen molar-refractivity contribution in [3.05, 3.63) is 64.6 Å². The van der Waals surface area contributed by atoms with Gasteiger partial charge in [-0.1, -0.05) is 74.8 Å². The highest BCUT2D eigenvalue weighted by atomic mass is 32.2. The first-order valence-electron chi connectivity index (χ1n) is 11.1. The molecule has 5 heteroatoms. The molecule has 2 aromatic rings. The molecule has 0 saturated heterocycles. The van der Waals surface area contributed by atoms with Crippen LogP contribution in [-0.4, -0.2) is 24.4 Å². The van der Waals surface area contributed by atoms with Gasteiger partial charge in [-0.2, -0.15) is 0 Å². The van der Waals surface area contributed by atoms with Gasteiger partial charge in [0.2, 0.25) is 5.91 Å². The third kappa shape index (κ3) is 4.72. The van der Waals surface area contributed by atoms with E-state index >= 15 is 0 Å². The molecule has 1 heterocycles. The highest BCUT2D eigenvalue weighted by Crippen LogP contribution is 2.42. The van der Waals surface area contributed by atoms with E-state index in [0.717, 1.165) is 34.6 Å². The SMILES string of the molecule is Cc1ccccc1/C=C1\Sc2ccccc2N(CC(=O)N[C@@H]2CCC[C@@H](C)[C@@H]2C)C1=O. The Morgan fingerprint density at radius 3 is 2.68 bits per heavy atom. The number of nitrogens with one attached hydrogen (secondary N) is 1. The molecular formula is C26H30N2O2S. The monoisotopic (exact) mass is 434 g/mol. The van der Waals surface area contributed by atoms with E-state index in [0.29, 0.717) is 16.7 Å². The first-order valence-corrected chi connectivity index (χ1v) is 11.9. The number of benzene rings is 2. The molecule has 0 bridgehead atoms. The molecule has 1 fully saturated rings. The number of nitrogens with zero attached hydrogens (tertiary/aromatic N) is 1. The lowest BCUT2D eigenvalue weighted by atomic mass is 9.78. The molecule has 2 amide bonds. The molecule has 0 radical (unpaired) electrons. The van der Waals surface area contributed by atoms with Gasteiger partial charge in [-0.05, 0) is 54.5 Å². The Bertz CT molecular complexity index is 1020. The van der Waals surface area contributed by atoms with Crippen LogP contribution in [0.3, 0.4) is 0 Å². The average molecular weight is 435 g/mol. The quantitative estimate of drug-likeness (QED) is 0.654. The minimum Gasteiger partial charge on any atom is -0.352 e. The zero-order valence-corrected chi connectivity index (χ0v) is 19.2. The minimum atomic E-state index is -0.118. The fourth-order valence-corrected chi connectivity index (χ4v) is 5.54. The summed E-state index contributed by atoms with van der Waals surface area (Å²) in [6, 6.07) is 16.0. The second-order valence-electron chi connectivity index (χ2n) is 8.77. The molecular weight excluding hydrogens is 404 g/mol. The lowest BCUT2D eigenvalue weighted by Gasteiger charge is -2.35. The summed E-state index contributed by atoms with van der Waals surface area (Å²) in [6.45, 7) is 6.55. The maximum absolute atomic E-state index is 13.4. The molecule has 1 aliphatic heterocycles. The van der Waals surface area contributed by atoms with E-state index in [1.165, 1.54) is 18.2 Å². The van der Waals surface area contributed by atoms with Crippen molar-refractivity contribution in [3.63, 3.8) is 0 Å². The predicted octanol–water partition coefficient (Wildman–Crippen LogP) is 5.42. The second kappa shape index (κ2) is 9.31. The van der Waals surface area contributed by atoms with Crippen molar-refractivity contribution in [1.29, 1.82) is 0 Å². The van der Waals surface area contributed by atoms with Gasteiger partial charge in [-0.25, -0.2) is 0 Å². The van der Waals surface area contributed by atoms with Crippen LogP contribution in [0.2, 0.25) is 0 Å². The van der Waals surface area contributed by atoms with Crippen molar-refractivity contribution in [2.45, 2.75) is 51.0 Å². The van der Waals surface area contributed by atoms with E-state index in [1.807, 2.05) is 61.5 Å². The highest BCUT2D eigenvalue weighted by molar-refractivity contribution is 8.04. The fraction of sp³-hybridized carbons (Fsp3) is 0.385. The summed E-state index contributed by atoms with van der Waals surface area (Å²) >= 11 is 1.47. The smallest absolute Gasteiger partial charge is 0.265 e. The molecule has 2 aliphatic rings. The maximum atomic E-state index is 13.4. The molecule has 0 spiro atoms. The molecule has 4 rings (SSSR count). The zero-order valence-electron chi connectivity index (χ0n) is 18.4. The van der Waals surface area contributed by atoms with Gasteiger partial charge in [-0.3, -0.25) is 14.5 Å². The number of amides is 2. The van der Waals surface area contributed by atoms with E-state index in [1.54, 1.807) is 4.90 Å². The van der Waals surface area contributed by atoms with E-state index in [2.05, 4.69) is 19.2 Å². The minimum absolute atomic E-state index is 0.0408. The summed E-state index contributed by atoms with van der Waals surface area (Å²) in [5.41, 5.74) is 2.94. The summed E-state index contributed by atoms with van der Waals surface area (Å²) < 4.78 is 0. The maximum Gasteiger partial charge on any atom is 0.265 e. The zero-order chi connectivity index (χ0) is 22.0. The van der Waals surface area contributed by atoms with Crippen LogP contribution in [-0.2, 0) is 9.59 Å². The Balaban J connectivity index is 1.58. The Labute approximate surface area is 189 Å². The van der Waals surface area contributed by atoms with Crippen molar-refractivity contribution in [3.8, 4) is 0 Å². The van der Waals surface area contributed by atoms with Crippen molar-refractivity contribution >= 4 is 35.3 Å². The van der Waals surface area contributed by atoms with Gasteiger partial charge >= 0.3 is 0 Å². The molecule has 1 saturated carbocycles. The van der Waals surface area contributed by atoms with E-state index in [-0.39, 0.29) is 24.4 Å². The number of hydrogen-bond donors (Lipinski definition) is 1. The van der Waals surface area contributed by atoms with Gasteiger partial charge in [0.05, 0.1) is 10.6 Å². The van der Waals surface area contributed by atoms with Gasteiger partial charge in [0.25, 0.3) is 5.91 Å². The van der Waals surface area contributed by atoms with Gasteiger partial charge in [-0.15, -0.1) is 0 Å². The van der Waals surface area contributed by atoms with Crippen LogP contribution in [0.25, 0.3) is 6.08 Å². The summed E-state index contributed by atoms with van der Waals surface area (Å²) in [4.78, 5) is 29.6. The van der Waals surface area contributed by atoms with Crippen LogP contribution in [0.5, 0.6) is 0 Å². The van der Waals surface area contributed by atoms with Crippen LogP contribution in [0.15, 0.2) is 58.3 Å². The highest BCUT2D eigenvalue weighted by Gasteiger charge is 2.32. The first kappa shape index (κ1) is 21.7. The summed E-state index contributed by atoms with van der Waals surface area (Å²) in [5.74, 6) is 0.856. The topological polar surface area (TPSA) is 49.4 Å². The standard InChI is InChI=1S/C26H30N2O2S/c1-17-10-8-12-21(19(17)3)27-25(29)16-28-22-13-6-7-14-23(22)31-24(26(28)30)15-20-11-5-4-9-18(20)2/h4-7,9,11,13-15,17,19,21H,8,10,12,16H2,1-3H3,(H,27,29)/b24-15-/t17-,19+,21-/m1/s1. The Hall–Kier alpha value is -2.53.